The first-order chi connectivity index (χ1) is 18.3. The van der Waals surface area contributed by atoms with Crippen LogP contribution in [0.4, 0.5) is 13.2 Å². The Balaban J connectivity index is 2.06. The van der Waals surface area contributed by atoms with Crippen LogP contribution in [0.5, 0.6) is 5.75 Å². The molecule has 39 heavy (non-hydrogen) atoms. The zero-order chi connectivity index (χ0) is 28.6. The van der Waals surface area contributed by atoms with E-state index in [-0.39, 0.29) is 43.4 Å². The van der Waals surface area contributed by atoms with Crippen molar-refractivity contribution in [1.29, 1.82) is 0 Å². The molecule has 0 aliphatic carbocycles. The van der Waals surface area contributed by atoms with Crippen LogP contribution in [0.25, 0.3) is 6.08 Å². The summed E-state index contributed by atoms with van der Waals surface area (Å²) < 4.78 is 54.6. The topological polar surface area (TPSA) is 69.9 Å². The predicted molar refractivity (Wildman–Crippen MR) is 144 cm³/mol. The van der Waals surface area contributed by atoms with E-state index in [4.69, 9.17) is 44.3 Å². The number of halogens is 6. The molecule has 1 aliphatic rings. The molecule has 4 rings (SSSR count). The molecule has 2 aromatic carbocycles. The van der Waals surface area contributed by atoms with Crippen LogP contribution in [0.1, 0.15) is 37.9 Å². The molecule has 13 heteroatoms. The third-order valence-electron chi connectivity index (χ3n) is 5.46. The van der Waals surface area contributed by atoms with Crippen molar-refractivity contribution in [2.24, 2.45) is 4.99 Å². The molecule has 0 spiro atoms. The van der Waals surface area contributed by atoms with Crippen molar-refractivity contribution in [3.63, 3.8) is 0 Å². The highest BCUT2D eigenvalue weighted by atomic mass is 35.5. The van der Waals surface area contributed by atoms with Crippen molar-refractivity contribution in [2.45, 2.75) is 39.1 Å². The highest BCUT2D eigenvalue weighted by molar-refractivity contribution is 7.07. The Kier molecular flexibility index (Phi) is 8.51. The van der Waals surface area contributed by atoms with Crippen LogP contribution in [0.15, 0.2) is 57.5 Å². The second kappa shape index (κ2) is 11.4. The van der Waals surface area contributed by atoms with Crippen molar-refractivity contribution in [3.8, 4) is 5.75 Å². The molecule has 0 saturated carbocycles. The molecule has 1 aromatic heterocycles. The Morgan fingerprint density at radius 3 is 2.41 bits per heavy atom. The summed E-state index contributed by atoms with van der Waals surface area (Å²) >= 11 is 19.2. The number of nitrogens with zero attached hydrogens (tertiary/aromatic N) is 2. The zero-order valence-corrected chi connectivity index (χ0v) is 23.7. The quantitative estimate of drug-likeness (QED) is 0.313. The van der Waals surface area contributed by atoms with Gasteiger partial charge in [0.1, 0.15) is 5.75 Å². The highest BCUT2D eigenvalue weighted by Crippen LogP contribution is 2.39. The van der Waals surface area contributed by atoms with E-state index in [9.17, 15) is 22.8 Å². The largest absolute Gasteiger partial charge is 0.489 e. The van der Waals surface area contributed by atoms with E-state index in [0.717, 1.165) is 15.9 Å². The van der Waals surface area contributed by atoms with Gasteiger partial charge >= 0.3 is 12.1 Å². The van der Waals surface area contributed by atoms with Gasteiger partial charge in [0.25, 0.3) is 5.56 Å². The van der Waals surface area contributed by atoms with Crippen LogP contribution in [-0.2, 0) is 9.53 Å². The molecule has 206 valence electrons. The molecule has 0 radical (unpaired) electrons. The van der Waals surface area contributed by atoms with Crippen molar-refractivity contribution in [2.75, 3.05) is 6.61 Å². The average molecular weight is 620 g/mol. The van der Waals surface area contributed by atoms with Crippen LogP contribution < -0.4 is 19.6 Å². The maximum Gasteiger partial charge on any atom is 0.434 e. The van der Waals surface area contributed by atoms with Crippen molar-refractivity contribution in [1.82, 2.24) is 4.57 Å². The fourth-order valence-electron chi connectivity index (χ4n) is 3.99. The van der Waals surface area contributed by atoms with Gasteiger partial charge in [-0.3, -0.25) is 9.36 Å². The summed E-state index contributed by atoms with van der Waals surface area (Å²) in [5.41, 5.74) is -2.38. The highest BCUT2D eigenvalue weighted by Gasteiger charge is 2.45. The Bertz CT molecular complexity index is 1640. The SMILES string of the molecule is CCOC(=O)C1=C(C(F)(F)F)N=c2s/c(=C\c3cc(Cl)cc(Cl)c3OC(C)C)c(=O)n2[C@H]1c1ccc(Cl)cc1. The number of fused-ring (bicyclic) bond motifs is 1. The lowest BCUT2D eigenvalue weighted by Gasteiger charge is -2.26. The molecule has 2 heterocycles. The van der Waals surface area contributed by atoms with Crippen molar-refractivity contribution < 1.29 is 27.4 Å². The molecule has 0 N–H and O–H groups in total. The Morgan fingerprint density at radius 1 is 1.15 bits per heavy atom. The van der Waals surface area contributed by atoms with E-state index >= 15 is 0 Å². The number of ether oxygens (including phenoxy) is 2. The minimum atomic E-state index is -5.01. The van der Waals surface area contributed by atoms with Gasteiger partial charge in [0.05, 0.1) is 33.9 Å². The smallest absolute Gasteiger partial charge is 0.434 e. The molecule has 0 bridgehead atoms. The number of allylic oxidation sites excluding steroid dienone is 1. The minimum Gasteiger partial charge on any atom is -0.489 e. The van der Waals surface area contributed by atoms with Gasteiger partial charge < -0.3 is 9.47 Å². The van der Waals surface area contributed by atoms with Crippen LogP contribution in [-0.4, -0.2) is 29.4 Å². The summed E-state index contributed by atoms with van der Waals surface area (Å²) in [6.45, 7) is 4.85. The summed E-state index contributed by atoms with van der Waals surface area (Å²) in [5, 5.41) is 0.774. The molecule has 1 aliphatic heterocycles. The Morgan fingerprint density at radius 2 is 1.82 bits per heavy atom. The van der Waals surface area contributed by atoms with Gasteiger partial charge in [-0.1, -0.05) is 58.3 Å². The van der Waals surface area contributed by atoms with Crippen molar-refractivity contribution >= 4 is 58.2 Å². The van der Waals surface area contributed by atoms with Crippen molar-refractivity contribution in [3.05, 3.63) is 93.6 Å². The molecule has 0 amide bonds. The summed E-state index contributed by atoms with van der Waals surface area (Å²) in [5.74, 6) is -0.989. The molecule has 0 unspecified atom stereocenters. The Hall–Kier alpha value is -2.79. The standard InChI is InChI=1S/C26H20Cl3F3N2O4S/c1-4-37-24(36)19-20(13-5-7-15(27)8-6-13)34-23(35)18(39-25(34)33-22(19)26(30,31)32)10-14-9-16(28)11-17(29)21(14)38-12(2)3/h5-12,20H,4H2,1-3H3/b18-10-/t20-/m0/s1. The average Bonchev–Trinajstić information content (AvgIpc) is 3.15. The number of rotatable bonds is 6. The number of aromatic nitrogens is 1. The second-order valence-corrected chi connectivity index (χ2v) is 10.9. The van der Waals surface area contributed by atoms with Gasteiger partial charge in [-0.15, -0.1) is 0 Å². The lowest BCUT2D eigenvalue weighted by Crippen LogP contribution is -2.41. The number of carbonyl (C=O) groups is 1. The number of alkyl halides is 3. The van der Waals surface area contributed by atoms with Gasteiger partial charge in [0.2, 0.25) is 0 Å². The normalized spacial score (nSPS) is 15.8. The summed E-state index contributed by atoms with van der Waals surface area (Å²) in [6, 6.07) is 7.29. The molecule has 6 nitrogen and oxygen atoms in total. The number of benzene rings is 2. The summed E-state index contributed by atoms with van der Waals surface area (Å²) in [7, 11) is 0. The monoisotopic (exact) mass is 618 g/mol. The molecular formula is C26H20Cl3F3N2O4S. The summed E-state index contributed by atoms with van der Waals surface area (Å²) in [6.07, 6.45) is -3.87. The van der Waals surface area contributed by atoms with Gasteiger partial charge in [0, 0.05) is 15.6 Å². The van der Waals surface area contributed by atoms with Crippen LogP contribution in [0.3, 0.4) is 0 Å². The minimum absolute atomic E-state index is 0.0197. The third kappa shape index (κ3) is 6.04. The van der Waals surface area contributed by atoms with E-state index in [1.54, 1.807) is 13.8 Å². The second-order valence-electron chi connectivity index (χ2n) is 8.59. The maximum absolute atomic E-state index is 14.2. The van der Waals surface area contributed by atoms with E-state index in [1.807, 2.05) is 0 Å². The molecule has 0 fully saturated rings. The van der Waals surface area contributed by atoms with Crippen LogP contribution in [0, 0.1) is 0 Å². The number of hydrogen-bond acceptors (Lipinski definition) is 6. The first-order valence-electron chi connectivity index (χ1n) is 11.5. The number of carbonyl (C=O) groups excluding carboxylic acids is 1. The number of thiazole rings is 1. The molecule has 1 atom stereocenters. The molecule has 3 aromatic rings. The van der Waals surface area contributed by atoms with Crippen LogP contribution in [0.2, 0.25) is 15.1 Å². The maximum atomic E-state index is 14.2. The van der Waals surface area contributed by atoms with E-state index in [1.165, 1.54) is 49.4 Å². The molecular weight excluding hydrogens is 600 g/mol. The van der Waals surface area contributed by atoms with Gasteiger partial charge in [0.15, 0.2) is 10.5 Å². The van der Waals surface area contributed by atoms with Gasteiger partial charge in [-0.05, 0) is 56.7 Å². The number of hydrogen-bond donors (Lipinski definition) is 0. The molecule has 0 saturated heterocycles. The Labute approximate surface area is 239 Å². The summed E-state index contributed by atoms with van der Waals surface area (Å²) in [4.78, 5) is 30.1. The van der Waals surface area contributed by atoms with E-state index < -0.39 is 35.0 Å². The first kappa shape index (κ1) is 29.2. The zero-order valence-electron chi connectivity index (χ0n) is 20.6. The van der Waals surface area contributed by atoms with Gasteiger partial charge in [-0.25, -0.2) is 9.79 Å². The number of esters is 1. The van der Waals surface area contributed by atoms with Gasteiger partial charge in [-0.2, -0.15) is 13.2 Å². The van der Waals surface area contributed by atoms with E-state index in [0.29, 0.717) is 10.6 Å². The third-order valence-corrected chi connectivity index (χ3v) is 7.19. The van der Waals surface area contributed by atoms with Crippen LogP contribution >= 0.6 is 46.1 Å². The fourth-order valence-corrected chi connectivity index (χ4v) is 5.66. The fraction of sp³-hybridized carbons (Fsp3) is 0.269. The lowest BCUT2D eigenvalue weighted by molar-refractivity contribution is -0.140. The predicted octanol–water partition coefficient (Wildman–Crippen LogP) is 6.09. The van der Waals surface area contributed by atoms with E-state index in [2.05, 4.69) is 4.99 Å². The first-order valence-corrected chi connectivity index (χ1v) is 13.5. The lowest BCUT2D eigenvalue weighted by atomic mass is 9.95.